The Morgan fingerprint density at radius 2 is 1.65 bits per heavy atom. The van der Waals surface area contributed by atoms with Crippen molar-refractivity contribution in [3.8, 4) is 17.2 Å². The van der Waals surface area contributed by atoms with Gasteiger partial charge in [-0.3, -0.25) is 0 Å². The number of carbonyl (C=O) groups excluding carboxylic acids is 1. The van der Waals surface area contributed by atoms with Crippen LogP contribution in [-0.4, -0.2) is 31.5 Å². The molecule has 140 valence electrons. The maximum Gasteiger partial charge on any atom is 0.366 e. The van der Waals surface area contributed by atoms with Gasteiger partial charge in [0, 0.05) is 0 Å². The third-order valence-electron chi connectivity index (χ3n) is 3.29. The number of benzene rings is 1. The smallest absolute Gasteiger partial charge is 0.366 e. The Morgan fingerprint density at radius 3 is 2.15 bits per heavy atom. The summed E-state index contributed by atoms with van der Waals surface area (Å²) in [5.41, 5.74) is 0.914. The largest absolute Gasteiger partial charge is 0.490 e. The molecule has 0 aliphatic heterocycles. The van der Waals surface area contributed by atoms with E-state index in [0.29, 0.717) is 42.8 Å². The van der Waals surface area contributed by atoms with Gasteiger partial charge in [0.1, 0.15) is 0 Å². The molecular weight excluding hydrogens is 354 g/mol. The number of hydrogen-bond acceptors (Lipinski definition) is 7. The molecule has 0 aliphatic carbocycles. The normalized spacial score (nSPS) is 11.2. The molecule has 0 amide bonds. The number of nitrogens with zero attached hydrogens (tertiary/aromatic N) is 1. The highest BCUT2D eigenvalue weighted by Crippen LogP contribution is 2.39. The molecule has 0 aliphatic rings. The molecular formula is C19H23NO5S. The fraction of sp³-hybridized carbons (Fsp3) is 0.368. The maximum absolute atomic E-state index is 12.4. The maximum atomic E-state index is 12.4. The molecule has 0 bridgehead atoms. The van der Waals surface area contributed by atoms with Crippen LogP contribution in [0.25, 0.3) is 0 Å². The van der Waals surface area contributed by atoms with Gasteiger partial charge in [-0.1, -0.05) is 11.2 Å². The molecule has 0 spiro atoms. The van der Waals surface area contributed by atoms with E-state index in [2.05, 4.69) is 5.16 Å². The van der Waals surface area contributed by atoms with Crippen LogP contribution in [0, 0.1) is 0 Å². The van der Waals surface area contributed by atoms with E-state index >= 15 is 0 Å². The van der Waals surface area contributed by atoms with Crippen molar-refractivity contribution in [2.75, 3.05) is 19.8 Å². The van der Waals surface area contributed by atoms with E-state index in [-0.39, 0.29) is 5.56 Å². The summed E-state index contributed by atoms with van der Waals surface area (Å²) in [7, 11) is 0. The Kier molecular flexibility index (Phi) is 7.47. The highest BCUT2D eigenvalue weighted by Gasteiger charge is 2.19. The zero-order chi connectivity index (χ0) is 18.9. The van der Waals surface area contributed by atoms with Gasteiger partial charge in [0.25, 0.3) is 0 Å². The molecule has 2 rings (SSSR count). The lowest BCUT2D eigenvalue weighted by Gasteiger charge is -2.16. The van der Waals surface area contributed by atoms with Crippen LogP contribution in [0.15, 0.2) is 34.8 Å². The molecule has 0 saturated heterocycles. The second-order valence-corrected chi connectivity index (χ2v) is 6.08. The number of hydrogen-bond donors (Lipinski definition) is 0. The summed E-state index contributed by atoms with van der Waals surface area (Å²) < 4.78 is 16.8. The first-order chi connectivity index (χ1) is 12.6. The van der Waals surface area contributed by atoms with Crippen molar-refractivity contribution in [2.45, 2.75) is 27.7 Å². The Balaban J connectivity index is 2.29. The fourth-order valence-corrected chi connectivity index (χ4v) is 2.87. The average molecular weight is 377 g/mol. The number of carbonyl (C=O) groups is 1. The zero-order valence-corrected chi connectivity index (χ0v) is 16.2. The first-order valence-corrected chi connectivity index (χ1v) is 9.34. The van der Waals surface area contributed by atoms with Gasteiger partial charge in [0.2, 0.25) is 5.75 Å². The van der Waals surface area contributed by atoms with Gasteiger partial charge < -0.3 is 19.0 Å². The average Bonchev–Trinajstić information content (AvgIpc) is 3.17. The number of ether oxygens (including phenoxy) is 3. The van der Waals surface area contributed by atoms with Crippen molar-refractivity contribution in [3.63, 3.8) is 0 Å². The van der Waals surface area contributed by atoms with Crippen molar-refractivity contribution in [2.24, 2.45) is 5.16 Å². The molecule has 1 heterocycles. The van der Waals surface area contributed by atoms with Gasteiger partial charge in [-0.05, 0) is 51.3 Å². The molecule has 1 aromatic carbocycles. The van der Waals surface area contributed by atoms with Crippen LogP contribution < -0.4 is 14.2 Å². The molecule has 0 N–H and O–H groups in total. The quantitative estimate of drug-likeness (QED) is 0.365. The molecule has 0 unspecified atom stereocenters. The van der Waals surface area contributed by atoms with Gasteiger partial charge in [0.05, 0.1) is 36.0 Å². The third kappa shape index (κ3) is 4.98. The minimum Gasteiger partial charge on any atom is -0.490 e. The van der Waals surface area contributed by atoms with Crippen molar-refractivity contribution < 1.29 is 23.8 Å². The molecule has 2 aromatic rings. The standard InChI is InChI=1S/C19H23NO5S/c1-5-22-15-11-14(12-16(23-6-2)18(15)24-7-3)19(21)25-20-13(4)17-9-8-10-26-17/h8-12H,5-7H2,1-4H3/b20-13-. The molecule has 1 aromatic heterocycles. The van der Waals surface area contributed by atoms with Gasteiger partial charge >= 0.3 is 5.97 Å². The molecule has 0 saturated carbocycles. The van der Waals surface area contributed by atoms with Crippen molar-refractivity contribution >= 4 is 23.0 Å². The fourth-order valence-electron chi connectivity index (χ4n) is 2.20. The van der Waals surface area contributed by atoms with E-state index < -0.39 is 5.97 Å². The van der Waals surface area contributed by atoms with Gasteiger partial charge in [-0.15, -0.1) is 11.3 Å². The van der Waals surface area contributed by atoms with E-state index in [1.165, 1.54) is 11.3 Å². The summed E-state index contributed by atoms with van der Waals surface area (Å²) in [6.45, 7) is 8.68. The van der Waals surface area contributed by atoms with Crippen LogP contribution in [0.3, 0.4) is 0 Å². The summed E-state index contributed by atoms with van der Waals surface area (Å²) in [6.07, 6.45) is 0. The minimum atomic E-state index is -0.592. The Hall–Kier alpha value is -2.54. The molecule has 26 heavy (non-hydrogen) atoms. The highest BCUT2D eigenvalue weighted by atomic mass is 32.1. The molecule has 0 atom stereocenters. The summed E-state index contributed by atoms with van der Waals surface area (Å²) in [6, 6.07) is 6.98. The van der Waals surface area contributed by atoms with Crippen molar-refractivity contribution in [1.29, 1.82) is 0 Å². The van der Waals surface area contributed by atoms with Crippen LogP contribution in [0.1, 0.15) is 42.9 Å². The van der Waals surface area contributed by atoms with Crippen LogP contribution in [0.2, 0.25) is 0 Å². The molecule has 0 radical (unpaired) electrons. The monoisotopic (exact) mass is 377 g/mol. The topological polar surface area (TPSA) is 66.4 Å². The minimum absolute atomic E-state index is 0.281. The number of oxime groups is 1. The summed E-state index contributed by atoms with van der Waals surface area (Å²) >= 11 is 1.53. The van der Waals surface area contributed by atoms with Gasteiger partial charge in [-0.2, -0.15) is 0 Å². The first kappa shape index (κ1) is 19.8. The predicted octanol–water partition coefficient (Wildman–Crippen LogP) is 4.53. The van der Waals surface area contributed by atoms with E-state index in [9.17, 15) is 4.79 Å². The van der Waals surface area contributed by atoms with Crippen LogP contribution in [0.5, 0.6) is 17.2 Å². The zero-order valence-electron chi connectivity index (χ0n) is 15.4. The second-order valence-electron chi connectivity index (χ2n) is 5.13. The Morgan fingerprint density at radius 1 is 1.04 bits per heavy atom. The molecule has 6 nitrogen and oxygen atoms in total. The Bertz CT molecular complexity index is 728. The number of rotatable bonds is 9. The summed E-state index contributed by atoms with van der Waals surface area (Å²) in [5, 5.41) is 5.85. The predicted molar refractivity (Wildman–Crippen MR) is 102 cm³/mol. The lowest BCUT2D eigenvalue weighted by Crippen LogP contribution is -2.07. The lowest BCUT2D eigenvalue weighted by molar-refractivity contribution is 0.0515. The van der Waals surface area contributed by atoms with E-state index in [0.717, 1.165) is 4.88 Å². The van der Waals surface area contributed by atoms with Gasteiger partial charge in [0.15, 0.2) is 11.5 Å². The Labute approximate surface area is 157 Å². The first-order valence-electron chi connectivity index (χ1n) is 8.46. The van der Waals surface area contributed by atoms with Crippen molar-refractivity contribution in [1.82, 2.24) is 0 Å². The SMILES string of the molecule is CCOc1cc(C(=O)O/N=C(/C)c2cccs2)cc(OCC)c1OCC. The number of thiophene rings is 1. The third-order valence-corrected chi connectivity index (χ3v) is 4.27. The lowest BCUT2D eigenvalue weighted by atomic mass is 10.2. The molecule has 0 fully saturated rings. The van der Waals surface area contributed by atoms with Crippen LogP contribution >= 0.6 is 11.3 Å². The van der Waals surface area contributed by atoms with Crippen LogP contribution in [0.4, 0.5) is 0 Å². The van der Waals surface area contributed by atoms with E-state index in [4.69, 9.17) is 19.0 Å². The second kappa shape index (κ2) is 9.82. The van der Waals surface area contributed by atoms with Gasteiger partial charge in [-0.25, -0.2) is 4.79 Å². The van der Waals surface area contributed by atoms with Crippen LogP contribution in [-0.2, 0) is 4.84 Å². The highest BCUT2D eigenvalue weighted by molar-refractivity contribution is 7.12. The molecule has 7 heteroatoms. The summed E-state index contributed by atoms with van der Waals surface area (Å²) in [4.78, 5) is 18.4. The summed E-state index contributed by atoms with van der Waals surface area (Å²) in [5.74, 6) is 0.759. The van der Waals surface area contributed by atoms with Crippen molar-refractivity contribution in [3.05, 3.63) is 40.1 Å². The van der Waals surface area contributed by atoms with E-state index in [1.54, 1.807) is 19.1 Å². The van der Waals surface area contributed by atoms with E-state index in [1.807, 2.05) is 38.3 Å².